The van der Waals surface area contributed by atoms with Gasteiger partial charge in [-0.05, 0) is 47.5 Å². The van der Waals surface area contributed by atoms with Crippen LogP contribution in [0.25, 0.3) is 10.8 Å². The molecule has 0 aliphatic rings. The Morgan fingerprint density at radius 1 is 0.917 bits per heavy atom. The molecule has 1 atom stereocenters. The molecule has 0 fully saturated rings. The van der Waals surface area contributed by atoms with E-state index in [0.717, 1.165) is 11.4 Å². The second-order valence-electron chi connectivity index (χ2n) is 5.91. The van der Waals surface area contributed by atoms with E-state index in [9.17, 15) is 4.79 Å². The number of rotatable bonds is 5. The predicted molar refractivity (Wildman–Crippen MR) is 101 cm³/mol. The van der Waals surface area contributed by atoms with E-state index < -0.39 is 0 Å². The third-order valence-corrected chi connectivity index (χ3v) is 4.16. The van der Waals surface area contributed by atoms with Gasteiger partial charge in [-0.15, -0.1) is 0 Å². The summed E-state index contributed by atoms with van der Waals surface area (Å²) in [6, 6.07) is 22.8. The van der Waals surface area contributed by atoms with Crippen molar-refractivity contribution in [2.45, 2.75) is 26.3 Å². The van der Waals surface area contributed by atoms with Crippen LogP contribution in [0.5, 0.6) is 0 Å². The van der Waals surface area contributed by atoms with Crippen molar-refractivity contribution in [3.8, 4) is 0 Å². The number of carbonyl (C=O) groups is 1. The topological polar surface area (TPSA) is 41.1 Å². The smallest absolute Gasteiger partial charge is 0.224 e. The molecule has 0 aromatic heterocycles. The molecule has 3 nitrogen and oxygen atoms in total. The van der Waals surface area contributed by atoms with Gasteiger partial charge in [0, 0.05) is 23.8 Å². The molecule has 122 valence electrons. The summed E-state index contributed by atoms with van der Waals surface area (Å²) in [5, 5.41) is 8.91. The van der Waals surface area contributed by atoms with Crippen molar-refractivity contribution < 1.29 is 4.79 Å². The molecule has 0 saturated carbocycles. The second kappa shape index (κ2) is 7.18. The third kappa shape index (κ3) is 3.57. The van der Waals surface area contributed by atoms with E-state index in [1.807, 2.05) is 31.2 Å². The zero-order valence-corrected chi connectivity index (χ0v) is 14.0. The van der Waals surface area contributed by atoms with Gasteiger partial charge in [0.05, 0.1) is 0 Å². The van der Waals surface area contributed by atoms with Gasteiger partial charge in [-0.1, -0.05) is 49.4 Å². The molecule has 1 unspecified atom stereocenters. The van der Waals surface area contributed by atoms with Gasteiger partial charge < -0.3 is 10.6 Å². The number of hydrogen-bond donors (Lipinski definition) is 2. The molecule has 3 aromatic carbocycles. The van der Waals surface area contributed by atoms with Gasteiger partial charge in [0.1, 0.15) is 0 Å². The quantitative estimate of drug-likeness (QED) is 0.665. The van der Waals surface area contributed by atoms with E-state index in [1.165, 1.54) is 16.3 Å². The van der Waals surface area contributed by atoms with Crippen LogP contribution in [0, 0.1) is 0 Å². The van der Waals surface area contributed by atoms with Crippen molar-refractivity contribution in [2.75, 3.05) is 10.6 Å². The van der Waals surface area contributed by atoms with E-state index in [-0.39, 0.29) is 11.9 Å². The summed E-state index contributed by atoms with van der Waals surface area (Å²) in [6.45, 7) is 4.01. The van der Waals surface area contributed by atoms with Crippen molar-refractivity contribution >= 4 is 28.1 Å². The Kier molecular flexibility index (Phi) is 4.80. The Hall–Kier alpha value is -2.81. The van der Waals surface area contributed by atoms with Gasteiger partial charge in [-0.2, -0.15) is 0 Å². The first-order chi connectivity index (χ1) is 11.7. The Bertz CT molecular complexity index is 835. The first-order valence-electron chi connectivity index (χ1n) is 8.31. The first-order valence-corrected chi connectivity index (χ1v) is 8.31. The Morgan fingerprint density at radius 2 is 1.58 bits per heavy atom. The maximum Gasteiger partial charge on any atom is 0.224 e. The second-order valence-corrected chi connectivity index (χ2v) is 5.91. The highest BCUT2D eigenvalue weighted by Gasteiger charge is 2.09. The maximum atomic E-state index is 11.4. The third-order valence-electron chi connectivity index (χ3n) is 4.16. The van der Waals surface area contributed by atoms with Gasteiger partial charge in [0.15, 0.2) is 0 Å². The fraction of sp³-hybridized carbons (Fsp3) is 0.190. The standard InChI is InChI=1S/C21H22N2O/c1-3-21(24)23-18-13-11-17(12-14-18)22-15(2)19-10-6-8-16-7-4-5-9-20(16)19/h4-15,22H,3H2,1-2H3,(H,23,24). The van der Waals surface area contributed by atoms with Crippen molar-refractivity contribution in [3.05, 3.63) is 72.3 Å². The molecule has 2 N–H and O–H groups in total. The minimum atomic E-state index is 0.0276. The lowest BCUT2D eigenvalue weighted by atomic mass is 9.99. The molecule has 0 radical (unpaired) electrons. The number of benzene rings is 3. The van der Waals surface area contributed by atoms with Gasteiger partial charge in [0.2, 0.25) is 5.91 Å². The molecule has 0 spiro atoms. The fourth-order valence-electron chi connectivity index (χ4n) is 2.85. The molecule has 3 rings (SSSR count). The summed E-state index contributed by atoms with van der Waals surface area (Å²) in [4.78, 5) is 11.4. The molecular formula is C21H22N2O. The number of hydrogen-bond acceptors (Lipinski definition) is 2. The fourth-order valence-corrected chi connectivity index (χ4v) is 2.85. The largest absolute Gasteiger partial charge is 0.378 e. The van der Waals surface area contributed by atoms with Crippen molar-refractivity contribution in [3.63, 3.8) is 0 Å². The lowest BCUT2D eigenvalue weighted by Gasteiger charge is -2.18. The average molecular weight is 318 g/mol. The number of fused-ring (bicyclic) bond motifs is 1. The molecule has 3 aromatic rings. The highest BCUT2D eigenvalue weighted by molar-refractivity contribution is 5.90. The highest BCUT2D eigenvalue weighted by Crippen LogP contribution is 2.27. The SMILES string of the molecule is CCC(=O)Nc1ccc(NC(C)c2cccc3ccccc23)cc1. The molecule has 1 amide bonds. The monoisotopic (exact) mass is 318 g/mol. The minimum absolute atomic E-state index is 0.0276. The summed E-state index contributed by atoms with van der Waals surface area (Å²) < 4.78 is 0. The predicted octanol–water partition coefficient (Wildman–Crippen LogP) is 5.36. The summed E-state index contributed by atoms with van der Waals surface area (Å²) in [7, 11) is 0. The van der Waals surface area contributed by atoms with E-state index in [1.54, 1.807) is 0 Å². The average Bonchev–Trinajstić information content (AvgIpc) is 2.62. The van der Waals surface area contributed by atoms with Crippen LogP contribution < -0.4 is 10.6 Å². The summed E-state index contributed by atoms with van der Waals surface area (Å²) >= 11 is 0. The van der Waals surface area contributed by atoms with E-state index in [4.69, 9.17) is 0 Å². The number of carbonyl (C=O) groups excluding carboxylic acids is 1. The molecule has 24 heavy (non-hydrogen) atoms. The summed E-state index contributed by atoms with van der Waals surface area (Å²) in [6.07, 6.45) is 0.484. The number of amides is 1. The Morgan fingerprint density at radius 3 is 2.33 bits per heavy atom. The van der Waals surface area contributed by atoms with Crippen molar-refractivity contribution in [1.82, 2.24) is 0 Å². The van der Waals surface area contributed by atoms with Crippen LogP contribution in [0.2, 0.25) is 0 Å². The molecule has 0 bridgehead atoms. The Labute approximate surface area is 142 Å². The van der Waals surface area contributed by atoms with E-state index in [2.05, 4.69) is 60.0 Å². The van der Waals surface area contributed by atoms with Gasteiger partial charge in [-0.3, -0.25) is 4.79 Å². The summed E-state index contributed by atoms with van der Waals surface area (Å²) in [5.41, 5.74) is 3.13. The van der Waals surface area contributed by atoms with Crippen LogP contribution in [0.3, 0.4) is 0 Å². The zero-order valence-electron chi connectivity index (χ0n) is 14.0. The minimum Gasteiger partial charge on any atom is -0.378 e. The van der Waals surface area contributed by atoms with Gasteiger partial charge in [0.25, 0.3) is 0 Å². The lowest BCUT2D eigenvalue weighted by molar-refractivity contribution is -0.115. The molecule has 0 aliphatic heterocycles. The van der Waals surface area contributed by atoms with Gasteiger partial charge in [-0.25, -0.2) is 0 Å². The van der Waals surface area contributed by atoms with Crippen LogP contribution in [0.15, 0.2) is 66.7 Å². The normalized spacial score (nSPS) is 11.9. The van der Waals surface area contributed by atoms with Gasteiger partial charge >= 0.3 is 0 Å². The molecule has 0 aliphatic carbocycles. The van der Waals surface area contributed by atoms with Crippen LogP contribution in [0.4, 0.5) is 11.4 Å². The van der Waals surface area contributed by atoms with E-state index in [0.29, 0.717) is 6.42 Å². The first kappa shape index (κ1) is 16.1. The van der Waals surface area contributed by atoms with Crippen molar-refractivity contribution in [1.29, 1.82) is 0 Å². The lowest BCUT2D eigenvalue weighted by Crippen LogP contribution is -2.10. The number of anilines is 2. The molecule has 0 saturated heterocycles. The van der Waals surface area contributed by atoms with Crippen molar-refractivity contribution in [2.24, 2.45) is 0 Å². The van der Waals surface area contributed by atoms with E-state index >= 15 is 0 Å². The number of nitrogens with one attached hydrogen (secondary N) is 2. The maximum absolute atomic E-state index is 11.4. The zero-order chi connectivity index (χ0) is 16.9. The highest BCUT2D eigenvalue weighted by atomic mass is 16.1. The molecule has 0 heterocycles. The summed E-state index contributed by atoms with van der Waals surface area (Å²) in [5.74, 6) is 0.0276. The Balaban J connectivity index is 1.76. The van der Waals surface area contributed by atoms with Crippen LogP contribution in [0.1, 0.15) is 31.9 Å². The van der Waals surface area contributed by atoms with Crippen LogP contribution in [-0.2, 0) is 4.79 Å². The molecular weight excluding hydrogens is 296 g/mol. The van der Waals surface area contributed by atoms with Crippen LogP contribution in [-0.4, -0.2) is 5.91 Å². The van der Waals surface area contributed by atoms with Crippen LogP contribution >= 0.6 is 0 Å². The molecule has 3 heteroatoms.